The fraction of sp³-hybridized carbons (Fsp3) is 0.0625. The lowest BCUT2D eigenvalue weighted by Crippen LogP contribution is -1.94. The second-order valence-electron chi connectivity index (χ2n) is 4.25. The van der Waals surface area contributed by atoms with Gasteiger partial charge in [-0.15, -0.1) is 6.58 Å². The molecule has 0 aromatic heterocycles. The molecule has 0 bridgehead atoms. The number of allylic oxidation sites excluding steroid dienone is 1. The lowest BCUT2D eigenvalue weighted by atomic mass is 10.1. The SMILES string of the molecule is C=CCc1ccccc1Oc1ccc([N+](=O)[O-])cc1C#N. The summed E-state index contributed by atoms with van der Waals surface area (Å²) in [5.74, 6) is 0.891. The molecule has 0 saturated heterocycles. The van der Waals surface area contributed by atoms with Crippen molar-refractivity contribution >= 4 is 5.69 Å². The van der Waals surface area contributed by atoms with Crippen molar-refractivity contribution in [1.29, 1.82) is 5.26 Å². The van der Waals surface area contributed by atoms with Crippen LogP contribution in [0.25, 0.3) is 0 Å². The van der Waals surface area contributed by atoms with E-state index in [-0.39, 0.29) is 11.3 Å². The minimum Gasteiger partial charge on any atom is -0.456 e. The van der Waals surface area contributed by atoms with Gasteiger partial charge in [-0.25, -0.2) is 0 Å². The van der Waals surface area contributed by atoms with Gasteiger partial charge in [-0.1, -0.05) is 24.3 Å². The molecule has 0 spiro atoms. The summed E-state index contributed by atoms with van der Waals surface area (Å²) in [7, 11) is 0. The van der Waals surface area contributed by atoms with Gasteiger partial charge in [0, 0.05) is 12.1 Å². The van der Waals surface area contributed by atoms with E-state index in [9.17, 15) is 10.1 Å². The number of nitrogens with zero attached hydrogens (tertiary/aromatic N) is 2. The van der Waals surface area contributed by atoms with Crippen molar-refractivity contribution < 1.29 is 9.66 Å². The van der Waals surface area contributed by atoms with Gasteiger partial charge in [-0.05, 0) is 24.1 Å². The zero-order valence-corrected chi connectivity index (χ0v) is 11.2. The molecule has 5 nitrogen and oxygen atoms in total. The topological polar surface area (TPSA) is 76.2 Å². The first-order valence-electron chi connectivity index (χ1n) is 6.21. The van der Waals surface area contributed by atoms with E-state index >= 15 is 0 Å². The molecule has 0 saturated carbocycles. The molecule has 0 atom stereocenters. The highest BCUT2D eigenvalue weighted by Crippen LogP contribution is 2.30. The van der Waals surface area contributed by atoms with Crippen LogP contribution < -0.4 is 4.74 Å². The smallest absolute Gasteiger partial charge is 0.271 e. The second-order valence-corrected chi connectivity index (χ2v) is 4.25. The van der Waals surface area contributed by atoms with Crippen molar-refractivity contribution in [3.8, 4) is 17.6 Å². The molecule has 0 fully saturated rings. The van der Waals surface area contributed by atoms with Crippen LogP contribution >= 0.6 is 0 Å². The number of nitriles is 1. The van der Waals surface area contributed by atoms with Gasteiger partial charge >= 0.3 is 0 Å². The van der Waals surface area contributed by atoms with Crippen LogP contribution in [0, 0.1) is 21.4 Å². The number of ether oxygens (including phenoxy) is 1. The number of rotatable bonds is 5. The van der Waals surface area contributed by atoms with E-state index in [4.69, 9.17) is 10.00 Å². The van der Waals surface area contributed by atoms with Crippen molar-refractivity contribution in [2.45, 2.75) is 6.42 Å². The van der Waals surface area contributed by atoms with E-state index in [0.29, 0.717) is 17.9 Å². The Labute approximate surface area is 121 Å². The van der Waals surface area contributed by atoms with Gasteiger partial charge in [0.25, 0.3) is 5.69 Å². The number of non-ortho nitro benzene ring substituents is 1. The fourth-order valence-corrected chi connectivity index (χ4v) is 1.85. The molecular weight excluding hydrogens is 268 g/mol. The monoisotopic (exact) mass is 280 g/mol. The van der Waals surface area contributed by atoms with E-state index in [1.54, 1.807) is 12.1 Å². The average molecular weight is 280 g/mol. The molecule has 0 N–H and O–H groups in total. The third-order valence-electron chi connectivity index (χ3n) is 2.85. The zero-order valence-electron chi connectivity index (χ0n) is 11.2. The van der Waals surface area contributed by atoms with Crippen LogP contribution in [0.4, 0.5) is 5.69 Å². The first-order chi connectivity index (χ1) is 10.2. The summed E-state index contributed by atoms with van der Waals surface area (Å²) in [6.07, 6.45) is 2.38. The summed E-state index contributed by atoms with van der Waals surface area (Å²) in [4.78, 5) is 10.2. The zero-order chi connectivity index (χ0) is 15.2. The standard InChI is InChI=1S/C16H12N2O3/c1-2-5-12-6-3-4-7-15(12)21-16-9-8-14(18(19)20)10-13(16)11-17/h2-4,6-10H,1,5H2. The predicted molar refractivity (Wildman–Crippen MR) is 78.2 cm³/mol. The fourth-order valence-electron chi connectivity index (χ4n) is 1.85. The van der Waals surface area contributed by atoms with E-state index < -0.39 is 4.92 Å². The Morgan fingerprint density at radius 2 is 2.05 bits per heavy atom. The Kier molecular flexibility index (Phi) is 4.32. The Hall–Kier alpha value is -3.13. The summed E-state index contributed by atoms with van der Waals surface area (Å²) >= 11 is 0. The summed E-state index contributed by atoms with van der Waals surface area (Å²) < 4.78 is 5.73. The van der Waals surface area contributed by atoms with Crippen LogP contribution in [-0.2, 0) is 6.42 Å². The Morgan fingerprint density at radius 1 is 1.29 bits per heavy atom. The molecule has 0 unspecified atom stereocenters. The molecule has 0 aliphatic rings. The van der Waals surface area contributed by atoms with E-state index in [1.807, 2.05) is 24.3 Å². The molecule has 2 aromatic rings. The Balaban J connectivity index is 2.38. The van der Waals surface area contributed by atoms with Crippen LogP contribution in [-0.4, -0.2) is 4.92 Å². The number of hydrogen-bond donors (Lipinski definition) is 0. The van der Waals surface area contributed by atoms with Gasteiger partial charge in [0.15, 0.2) is 0 Å². The molecule has 104 valence electrons. The van der Waals surface area contributed by atoms with Crippen LogP contribution in [0.15, 0.2) is 55.1 Å². The molecule has 0 aliphatic carbocycles. The third-order valence-corrected chi connectivity index (χ3v) is 2.85. The van der Waals surface area contributed by atoms with Crippen LogP contribution in [0.1, 0.15) is 11.1 Å². The summed E-state index contributed by atoms with van der Waals surface area (Å²) in [5, 5.41) is 19.8. The van der Waals surface area contributed by atoms with E-state index in [0.717, 1.165) is 5.56 Å². The minimum absolute atomic E-state index is 0.123. The molecular formula is C16H12N2O3. The number of para-hydroxylation sites is 1. The molecule has 0 amide bonds. The lowest BCUT2D eigenvalue weighted by molar-refractivity contribution is -0.384. The maximum absolute atomic E-state index is 10.7. The third kappa shape index (κ3) is 3.25. The quantitative estimate of drug-likeness (QED) is 0.471. The molecule has 0 aliphatic heterocycles. The molecule has 2 rings (SSSR count). The molecule has 21 heavy (non-hydrogen) atoms. The lowest BCUT2D eigenvalue weighted by Gasteiger charge is -2.10. The maximum atomic E-state index is 10.7. The molecule has 0 heterocycles. The van der Waals surface area contributed by atoms with Gasteiger partial charge in [0.1, 0.15) is 23.1 Å². The average Bonchev–Trinajstić information content (AvgIpc) is 2.49. The normalized spacial score (nSPS) is 9.67. The van der Waals surface area contributed by atoms with Crippen LogP contribution in [0.2, 0.25) is 0 Å². The molecule has 0 radical (unpaired) electrons. The van der Waals surface area contributed by atoms with Gasteiger partial charge < -0.3 is 4.74 Å². The largest absolute Gasteiger partial charge is 0.456 e. The highest BCUT2D eigenvalue weighted by molar-refractivity contribution is 5.52. The van der Waals surface area contributed by atoms with Crippen molar-refractivity contribution in [3.05, 3.63) is 76.4 Å². The highest BCUT2D eigenvalue weighted by atomic mass is 16.6. The van der Waals surface area contributed by atoms with Crippen LogP contribution in [0.5, 0.6) is 11.5 Å². The van der Waals surface area contributed by atoms with Gasteiger partial charge in [0.2, 0.25) is 0 Å². The number of nitro groups is 1. The van der Waals surface area contributed by atoms with Crippen molar-refractivity contribution in [1.82, 2.24) is 0 Å². The van der Waals surface area contributed by atoms with Crippen molar-refractivity contribution in [3.63, 3.8) is 0 Å². The summed E-state index contributed by atoms with van der Waals surface area (Å²) in [6.45, 7) is 3.69. The van der Waals surface area contributed by atoms with Crippen LogP contribution in [0.3, 0.4) is 0 Å². The van der Waals surface area contributed by atoms with Gasteiger partial charge in [-0.2, -0.15) is 5.26 Å². The minimum atomic E-state index is -0.545. The van der Waals surface area contributed by atoms with E-state index in [1.165, 1.54) is 18.2 Å². The van der Waals surface area contributed by atoms with Crippen molar-refractivity contribution in [2.75, 3.05) is 0 Å². The van der Waals surface area contributed by atoms with E-state index in [2.05, 4.69) is 6.58 Å². The molecule has 2 aromatic carbocycles. The number of hydrogen-bond acceptors (Lipinski definition) is 4. The Bertz CT molecular complexity index is 733. The second kappa shape index (κ2) is 6.35. The maximum Gasteiger partial charge on any atom is 0.271 e. The summed E-state index contributed by atoms with van der Waals surface area (Å²) in [6, 6.07) is 13.2. The number of benzene rings is 2. The number of nitro benzene ring substituents is 1. The van der Waals surface area contributed by atoms with Gasteiger partial charge in [0.05, 0.1) is 4.92 Å². The van der Waals surface area contributed by atoms with Gasteiger partial charge in [-0.3, -0.25) is 10.1 Å². The Morgan fingerprint density at radius 3 is 2.71 bits per heavy atom. The summed E-state index contributed by atoms with van der Waals surface area (Å²) in [5.41, 5.74) is 0.908. The predicted octanol–water partition coefficient (Wildman–Crippen LogP) is 3.99. The molecule has 5 heteroatoms. The van der Waals surface area contributed by atoms with Crippen molar-refractivity contribution in [2.24, 2.45) is 0 Å². The first-order valence-corrected chi connectivity index (χ1v) is 6.21. The highest BCUT2D eigenvalue weighted by Gasteiger charge is 2.13. The first kappa shape index (κ1) is 14.3.